The predicted octanol–water partition coefficient (Wildman–Crippen LogP) is -2.28. The highest BCUT2D eigenvalue weighted by atomic mass is 17.0. The second-order valence-corrected chi connectivity index (χ2v) is 2.14. The van der Waals surface area contributed by atoms with Crippen LogP contribution in [0.15, 0.2) is 0 Å². The number of rotatable bonds is 6. The topological polar surface area (TPSA) is 153 Å². The molecule has 0 saturated carbocycles. The highest BCUT2D eigenvalue weighted by Gasteiger charge is 2.54. The minimum absolute atomic E-state index is 0.559. The van der Waals surface area contributed by atoms with E-state index in [1.54, 1.807) is 0 Å². The molecule has 0 aliphatic heterocycles. The Bertz CT molecular complexity index is 254. The molecule has 2 unspecified atom stereocenters. The Morgan fingerprint density at radius 1 is 1.50 bits per heavy atom. The third-order valence-electron chi connectivity index (χ3n) is 1.33. The first kappa shape index (κ1) is 12.2. The summed E-state index contributed by atoms with van der Waals surface area (Å²) in [5.41, 5.74) is -3.28. The summed E-state index contributed by atoms with van der Waals surface area (Å²) in [5, 5.41) is 35.7. The molecule has 0 bridgehead atoms. The van der Waals surface area contributed by atoms with Gasteiger partial charge in [0, 0.05) is 0 Å². The number of carbonyl (C=O) groups is 1. The normalized spacial score (nSPS) is 16.4. The monoisotopic (exact) mass is 210 g/mol. The van der Waals surface area contributed by atoms with E-state index < -0.39 is 34.7 Å². The van der Waals surface area contributed by atoms with E-state index in [9.17, 15) is 25.0 Å². The van der Waals surface area contributed by atoms with Crippen molar-refractivity contribution in [3.8, 4) is 0 Å². The van der Waals surface area contributed by atoms with Crippen molar-refractivity contribution < 1.29 is 29.9 Å². The first-order valence-corrected chi connectivity index (χ1v) is 3.14. The lowest BCUT2D eigenvalue weighted by Gasteiger charge is -2.20. The van der Waals surface area contributed by atoms with Crippen molar-refractivity contribution in [2.45, 2.75) is 11.8 Å². The van der Waals surface area contributed by atoms with Gasteiger partial charge in [-0.1, -0.05) is 0 Å². The zero-order chi connectivity index (χ0) is 11.4. The highest BCUT2D eigenvalue weighted by molar-refractivity contribution is 5.60. The molecule has 0 aromatic rings. The highest BCUT2D eigenvalue weighted by Crippen LogP contribution is 2.14. The molecule has 0 spiro atoms. The fourth-order valence-corrected chi connectivity index (χ4v) is 0.609. The van der Waals surface area contributed by atoms with Crippen LogP contribution in [0.3, 0.4) is 0 Å². The van der Waals surface area contributed by atoms with Crippen LogP contribution in [0.4, 0.5) is 0 Å². The number of carbonyl (C=O) groups excluding carboxylic acids is 1. The summed E-state index contributed by atoms with van der Waals surface area (Å²) < 4.78 is 0. The second kappa shape index (κ2) is 4.43. The molecule has 2 N–H and O–H groups in total. The van der Waals surface area contributed by atoms with Gasteiger partial charge in [0.15, 0.2) is 6.10 Å². The van der Waals surface area contributed by atoms with E-state index in [1.165, 1.54) is 0 Å². The molecule has 0 fully saturated rings. The van der Waals surface area contributed by atoms with E-state index in [-0.39, 0.29) is 0 Å². The van der Waals surface area contributed by atoms with Crippen molar-refractivity contribution in [2.75, 3.05) is 6.61 Å². The lowest BCUT2D eigenvalue weighted by Crippen LogP contribution is -2.55. The summed E-state index contributed by atoms with van der Waals surface area (Å²) in [4.78, 5) is 32.3. The molecule has 0 aliphatic rings. The van der Waals surface area contributed by atoms with Crippen molar-refractivity contribution in [3.05, 3.63) is 20.2 Å². The van der Waals surface area contributed by atoms with Crippen LogP contribution in [0.2, 0.25) is 0 Å². The number of nitro groups is 1. The maximum atomic E-state index is 10.3. The Morgan fingerprint density at radius 2 is 2.00 bits per heavy atom. The van der Waals surface area contributed by atoms with Gasteiger partial charge in [-0.2, -0.15) is 0 Å². The summed E-state index contributed by atoms with van der Waals surface area (Å²) in [7, 11) is 0. The van der Waals surface area contributed by atoms with Crippen LogP contribution in [0.25, 0.3) is 0 Å². The quantitative estimate of drug-likeness (QED) is 0.215. The number of nitrogens with zero attached hydrogens (tertiary/aromatic N) is 2. The Hall–Kier alpha value is -1.81. The zero-order valence-electron chi connectivity index (χ0n) is 6.60. The van der Waals surface area contributed by atoms with Crippen LogP contribution >= 0.6 is 0 Å². The fraction of sp³-hybridized carbons (Fsp3) is 0.750. The summed E-state index contributed by atoms with van der Waals surface area (Å²) in [5.74, 6) is 0. The van der Waals surface area contributed by atoms with Crippen LogP contribution in [0.1, 0.15) is 0 Å². The van der Waals surface area contributed by atoms with Gasteiger partial charge in [-0.25, -0.2) is 4.84 Å². The number of hydrogen-bond acceptors (Lipinski definition) is 8. The van der Waals surface area contributed by atoms with Gasteiger partial charge < -0.3 is 10.2 Å². The SMILES string of the molecule is O=CC(O[N+](=O)[O-])(C(O)CO)[N+](=O)[O-]. The number of aldehydes is 1. The molecule has 0 aromatic heterocycles. The molecule has 0 radical (unpaired) electrons. The van der Waals surface area contributed by atoms with E-state index in [2.05, 4.69) is 4.84 Å². The zero-order valence-corrected chi connectivity index (χ0v) is 6.60. The summed E-state index contributed by atoms with van der Waals surface area (Å²) in [6, 6.07) is 0. The average Bonchev–Trinajstić information content (AvgIpc) is 2.12. The summed E-state index contributed by atoms with van der Waals surface area (Å²) in [6.07, 6.45) is -2.88. The van der Waals surface area contributed by atoms with Crippen molar-refractivity contribution >= 4 is 6.29 Å². The van der Waals surface area contributed by atoms with Crippen LogP contribution < -0.4 is 0 Å². The molecule has 0 heterocycles. The number of hydrogen-bond donors (Lipinski definition) is 2. The van der Waals surface area contributed by atoms with Gasteiger partial charge in [0.25, 0.3) is 0 Å². The predicted molar refractivity (Wildman–Crippen MR) is 37.0 cm³/mol. The fourth-order valence-electron chi connectivity index (χ4n) is 0.609. The van der Waals surface area contributed by atoms with E-state index in [1.807, 2.05) is 0 Å². The standard InChI is InChI=1S/C4H6N2O8/c7-1-3(9)4(2-8,5(10)11)14-6(12)13/h2-3,7,9H,1H2. The van der Waals surface area contributed by atoms with E-state index in [4.69, 9.17) is 10.2 Å². The van der Waals surface area contributed by atoms with E-state index in [0.717, 1.165) is 0 Å². The molecule has 0 amide bonds. The Labute approximate surface area is 76.0 Å². The van der Waals surface area contributed by atoms with Crippen LogP contribution in [0, 0.1) is 20.2 Å². The van der Waals surface area contributed by atoms with Crippen molar-refractivity contribution in [2.24, 2.45) is 0 Å². The molecular formula is C4H6N2O8. The minimum atomic E-state index is -3.28. The van der Waals surface area contributed by atoms with Crippen molar-refractivity contribution in [3.63, 3.8) is 0 Å². The lowest BCUT2D eigenvalue weighted by atomic mass is 10.1. The number of aliphatic hydroxyl groups excluding tert-OH is 2. The van der Waals surface area contributed by atoms with Crippen LogP contribution in [-0.4, -0.2) is 44.9 Å². The van der Waals surface area contributed by atoms with Gasteiger partial charge >= 0.3 is 10.8 Å². The molecule has 10 heteroatoms. The lowest BCUT2D eigenvalue weighted by molar-refractivity contribution is -0.845. The molecule has 0 saturated heterocycles. The van der Waals surface area contributed by atoms with Gasteiger partial charge in [-0.15, -0.1) is 10.1 Å². The Kier molecular flexibility index (Phi) is 3.86. The molecule has 0 aromatic carbocycles. The molecule has 0 rings (SSSR count). The maximum absolute atomic E-state index is 10.3. The Balaban J connectivity index is 5.07. The molecule has 14 heavy (non-hydrogen) atoms. The summed E-state index contributed by atoms with van der Waals surface area (Å²) >= 11 is 0. The minimum Gasteiger partial charge on any atom is -0.393 e. The van der Waals surface area contributed by atoms with Gasteiger partial charge in [-0.3, -0.25) is 14.9 Å². The molecule has 10 nitrogen and oxygen atoms in total. The first-order valence-electron chi connectivity index (χ1n) is 3.14. The average molecular weight is 210 g/mol. The first-order chi connectivity index (χ1) is 6.40. The van der Waals surface area contributed by atoms with Gasteiger partial charge in [0.05, 0.1) is 11.5 Å². The van der Waals surface area contributed by atoms with E-state index in [0.29, 0.717) is 0 Å². The third-order valence-corrected chi connectivity index (χ3v) is 1.33. The molecule has 2 atom stereocenters. The van der Waals surface area contributed by atoms with Crippen LogP contribution in [0.5, 0.6) is 0 Å². The molecule has 0 aliphatic carbocycles. The van der Waals surface area contributed by atoms with Gasteiger partial charge in [0.2, 0.25) is 6.29 Å². The Morgan fingerprint density at radius 3 is 2.21 bits per heavy atom. The van der Waals surface area contributed by atoms with Crippen molar-refractivity contribution in [1.29, 1.82) is 0 Å². The van der Waals surface area contributed by atoms with Gasteiger partial charge in [-0.05, 0) is 0 Å². The number of aliphatic hydroxyl groups is 2. The third kappa shape index (κ3) is 2.11. The molecular weight excluding hydrogens is 204 g/mol. The summed E-state index contributed by atoms with van der Waals surface area (Å²) in [6.45, 7) is -1.23. The second-order valence-electron chi connectivity index (χ2n) is 2.14. The smallest absolute Gasteiger partial charge is 0.393 e. The largest absolute Gasteiger partial charge is 0.445 e. The van der Waals surface area contributed by atoms with Gasteiger partial charge in [0.1, 0.15) is 0 Å². The van der Waals surface area contributed by atoms with E-state index >= 15 is 0 Å². The van der Waals surface area contributed by atoms with Crippen LogP contribution in [-0.2, 0) is 9.63 Å². The molecule has 80 valence electrons. The van der Waals surface area contributed by atoms with Crippen molar-refractivity contribution in [1.82, 2.24) is 0 Å². The maximum Gasteiger partial charge on any atom is 0.445 e.